The van der Waals surface area contributed by atoms with Gasteiger partial charge in [0.05, 0.1) is 7.11 Å². The second kappa shape index (κ2) is 6.87. The van der Waals surface area contributed by atoms with E-state index in [0.29, 0.717) is 5.75 Å². The first-order chi connectivity index (χ1) is 11.7. The first-order valence-corrected chi connectivity index (χ1v) is 7.50. The van der Waals surface area contributed by atoms with Crippen LogP contribution in [0.3, 0.4) is 0 Å². The fourth-order valence-corrected chi connectivity index (χ4v) is 2.42. The fraction of sp³-hybridized carbons (Fsp3) is 0.0500. The van der Waals surface area contributed by atoms with Crippen LogP contribution in [0.25, 0.3) is 16.8 Å². The molecule has 0 unspecified atom stereocenters. The summed E-state index contributed by atoms with van der Waals surface area (Å²) in [5.74, 6) is 0.208. The summed E-state index contributed by atoms with van der Waals surface area (Å²) in [5, 5.41) is 14.6. The van der Waals surface area contributed by atoms with E-state index in [9.17, 15) is 9.90 Å². The lowest BCUT2D eigenvalue weighted by molar-refractivity contribution is -0.111. The van der Waals surface area contributed by atoms with Crippen LogP contribution in [0.1, 0.15) is 5.56 Å². The Morgan fingerprint density at radius 1 is 1.04 bits per heavy atom. The van der Waals surface area contributed by atoms with Crippen molar-refractivity contribution >= 4 is 28.4 Å². The Bertz CT molecular complexity index is 916. The molecular weight excluding hydrogens is 302 g/mol. The topological polar surface area (TPSA) is 58.6 Å². The van der Waals surface area contributed by atoms with Crippen LogP contribution in [-0.4, -0.2) is 18.1 Å². The zero-order valence-corrected chi connectivity index (χ0v) is 13.2. The van der Waals surface area contributed by atoms with Crippen LogP contribution >= 0.6 is 0 Å². The molecule has 0 spiro atoms. The number of nitrogens with one attached hydrogen (secondary N) is 1. The normalized spacial score (nSPS) is 10.9. The van der Waals surface area contributed by atoms with Crippen LogP contribution in [0.2, 0.25) is 0 Å². The van der Waals surface area contributed by atoms with Crippen molar-refractivity contribution in [3.63, 3.8) is 0 Å². The van der Waals surface area contributed by atoms with Gasteiger partial charge in [-0.05, 0) is 46.7 Å². The molecule has 0 heterocycles. The minimum atomic E-state index is -0.225. The van der Waals surface area contributed by atoms with E-state index in [-0.39, 0.29) is 11.7 Å². The van der Waals surface area contributed by atoms with Crippen molar-refractivity contribution in [3.05, 3.63) is 72.3 Å². The highest BCUT2D eigenvalue weighted by molar-refractivity contribution is 6.03. The largest absolute Gasteiger partial charge is 0.504 e. The molecular formula is C20H17NO3. The van der Waals surface area contributed by atoms with Gasteiger partial charge in [0.25, 0.3) is 0 Å². The number of fused-ring (bicyclic) bond motifs is 1. The number of carbonyl (C=O) groups excluding carboxylic acids is 1. The van der Waals surface area contributed by atoms with Gasteiger partial charge in [0.15, 0.2) is 11.5 Å². The third-order valence-electron chi connectivity index (χ3n) is 3.65. The van der Waals surface area contributed by atoms with Gasteiger partial charge in [0.2, 0.25) is 5.91 Å². The first-order valence-electron chi connectivity index (χ1n) is 7.50. The molecule has 0 aromatic heterocycles. The summed E-state index contributed by atoms with van der Waals surface area (Å²) >= 11 is 0. The van der Waals surface area contributed by atoms with Gasteiger partial charge < -0.3 is 15.2 Å². The van der Waals surface area contributed by atoms with E-state index < -0.39 is 0 Å². The summed E-state index contributed by atoms with van der Waals surface area (Å²) in [6.07, 6.45) is 3.11. The second-order valence-electron chi connectivity index (χ2n) is 5.32. The van der Waals surface area contributed by atoms with E-state index in [1.54, 1.807) is 18.2 Å². The molecule has 3 aromatic carbocycles. The van der Waals surface area contributed by atoms with Crippen molar-refractivity contribution in [2.45, 2.75) is 0 Å². The Morgan fingerprint density at radius 2 is 1.83 bits per heavy atom. The predicted octanol–water partition coefficient (Wildman–Crippen LogP) is 4.21. The number of anilines is 1. The molecule has 0 aliphatic carbocycles. The smallest absolute Gasteiger partial charge is 0.248 e. The van der Waals surface area contributed by atoms with Gasteiger partial charge in [-0.1, -0.05) is 36.4 Å². The summed E-state index contributed by atoms with van der Waals surface area (Å²) in [6.45, 7) is 0. The Morgan fingerprint density at radius 3 is 2.62 bits per heavy atom. The molecule has 120 valence electrons. The maximum atomic E-state index is 12.1. The number of benzene rings is 3. The maximum absolute atomic E-state index is 12.1. The number of methoxy groups -OCH3 is 1. The van der Waals surface area contributed by atoms with Gasteiger partial charge >= 0.3 is 0 Å². The maximum Gasteiger partial charge on any atom is 0.248 e. The van der Waals surface area contributed by atoms with Crippen LogP contribution in [0.5, 0.6) is 11.5 Å². The molecule has 0 atom stereocenters. The summed E-state index contributed by atoms with van der Waals surface area (Å²) in [5.41, 5.74) is 1.50. The first kappa shape index (κ1) is 15.6. The molecule has 0 saturated heterocycles. The molecule has 2 N–H and O–H groups in total. The number of phenolic OH excluding ortho intramolecular Hbond substituents is 1. The van der Waals surface area contributed by atoms with E-state index in [1.165, 1.54) is 19.3 Å². The molecule has 0 radical (unpaired) electrons. The highest BCUT2D eigenvalue weighted by Gasteiger charge is 2.02. The van der Waals surface area contributed by atoms with Crippen molar-refractivity contribution in [2.75, 3.05) is 12.4 Å². The van der Waals surface area contributed by atoms with Gasteiger partial charge in [-0.3, -0.25) is 4.79 Å². The number of hydrogen-bond acceptors (Lipinski definition) is 3. The van der Waals surface area contributed by atoms with E-state index in [0.717, 1.165) is 22.0 Å². The van der Waals surface area contributed by atoms with Gasteiger partial charge in [0.1, 0.15) is 0 Å². The quantitative estimate of drug-likeness (QED) is 0.708. The van der Waals surface area contributed by atoms with Gasteiger partial charge in [-0.2, -0.15) is 0 Å². The van der Waals surface area contributed by atoms with Crippen molar-refractivity contribution in [1.82, 2.24) is 0 Å². The average molecular weight is 319 g/mol. The van der Waals surface area contributed by atoms with E-state index in [4.69, 9.17) is 4.74 Å². The second-order valence-corrected chi connectivity index (χ2v) is 5.32. The molecule has 3 rings (SSSR count). The molecule has 3 aromatic rings. The number of aromatic hydroxyl groups is 1. The Kier molecular flexibility index (Phi) is 4.47. The molecule has 1 amide bonds. The summed E-state index contributed by atoms with van der Waals surface area (Å²) in [4.78, 5) is 12.1. The molecule has 0 fully saturated rings. The lowest BCUT2D eigenvalue weighted by atomic mass is 10.1. The Hall–Kier alpha value is -3.27. The zero-order valence-electron chi connectivity index (χ0n) is 13.2. The van der Waals surface area contributed by atoms with Crippen LogP contribution in [-0.2, 0) is 4.79 Å². The van der Waals surface area contributed by atoms with Crippen LogP contribution in [0.15, 0.2) is 66.7 Å². The van der Waals surface area contributed by atoms with E-state index >= 15 is 0 Å². The highest BCUT2D eigenvalue weighted by atomic mass is 16.5. The van der Waals surface area contributed by atoms with Crippen LogP contribution in [0.4, 0.5) is 5.69 Å². The summed E-state index contributed by atoms with van der Waals surface area (Å²) < 4.78 is 5.04. The highest BCUT2D eigenvalue weighted by Crippen LogP contribution is 2.26. The molecule has 0 saturated carbocycles. The lowest BCUT2D eigenvalue weighted by Crippen LogP contribution is -2.07. The SMILES string of the molecule is COc1cc(/C=C/C(=O)Nc2ccc3ccccc3c2)ccc1O. The minimum Gasteiger partial charge on any atom is -0.504 e. The van der Waals surface area contributed by atoms with Crippen molar-refractivity contribution in [2.24, 2.45) is 0 Å². The third-order valence-corrected chi connectivity index (χ3v) is 3.65. The number of hydrogen-bond donors (Lipinski definition) is 2. The van der Waals surface area contributed by atoms with Gasteiger partial charge in [-0.25, -0.2) is 0 Å². The summed E-state index contributed by atoms with van der Waals surface area (Å²) in [6, 6.07) is 18.7. The molecule has 24 heavy (non-hydrogen) atoms. The van der Waals surface area contributed by atoms with E-state index in [1.807, 2.05) is 42.5 Å². The zero-order chi connectivity index (χ0) is 16.9. The predicted molar refractivity (Wildman–Crippen MR) is 96.3 cm³/mol. The molecule has 4 nitrogen and oxygen atoms in total. The Labute approximate surface area is 140 Å². The van der Waals surface area contributed by atoms with Crippen molar-refractivity contribution < 1.29 is 14.6 Å². The van der Waals surface area contributed by atoms with Crippen molar-refractivity contribution in [3.8, 4) is 11.5 Å². The van der Waals surface area contributed by atoms with Gasteiger partial charge in [-0.15, -0.1) is 0 Å². The Balaban J connectivity index is 1.72. The van der Waals surface area contributed by atoms with Crippen molar-refractivity contribution in [1.29, 1.82) is 0 Å². The number of amides is 1. The minimum absolute atomic E-state index is 0.0651. The number of phenols is 1. The molecule has 4 heteroatoms. The molecule has 0 bridgehead atoms. The average Bonchev–Trinajstić information content (AvgIpc) is 2.61. The molecule has 0 aliphatic rings. The fourth-order valence-electron chi connectivity index (χ4n) is 2.42. The standard InChI is InChI=1S/C20H17NO3/c1-24-19-12-14(6-10-18(19)22)7-11-20(23)21-17-9-8-15-4-2-3-5-16(15)13-17/h2-13,22H,1H3,(H,21,23)/b11-7+. The summed E-state index contributed by atoms with van der Waals surface area (Å²) in [7, 11) is 1.48. The van der Waals surface area contributed by atoms with E-state index in [2.05, 4.69) is 5.32 Å². The van der Waals surface area contributed by atoms with Crippen LogP contribution < -0.4 is 10.1 Å². The number of carbonyl (C=O) groups is 1. The number of rotatable bonds is 4. The van der Waals surface area contributed by atoms with Crippen LogP contribution in [0, 0.1) is 0 Å². The molecule has 0 aliphatic heterocycles. The lowest BCUT2D eigenvalue weighted by Gasteiger charge is -2.05. The third kappa shape index (κ3) is 3.55. The number of ether oxygens (including phenoxy) is 1. The van der Waals surface area contributed by atoms with Gasteiger partial charge in [0, 0.05) is 11.8 Å². The monoisotopic (exact) mass is 319 g/mol.